The zero-order valence-electron chi connectivity index (χ0n) is 21.2. The molecule has 34 heavy (non-hydrogen) atoms. The Morgan fingerprint density at radius 1 is 1.00 bits per heavy atom. The summed E-state index contributed by atoms with van der Waals surface area (Å²) >= 11 is 0. The monoisotopic (exact) mass is 458 g/mol. The van der Waals surface area contributed by atoms with Crippen LogP contribution in [0.25, 0.3) is 22.2 Å². The van der Waals surface area contributed by atoms with E-state index in [1.165, 1.54) is 5.56 Å². The minimum absolute atomic E-state index is 0.0194. The van der Waals surface area contributed by atoms with Crippen LogP contribution in [0.2, 0.25) is 0 Å². The van der Waals surface area contributed by atoms with Crippen molar-refractivity contribution in [2.45, 2.75) is 73.5 Å². The van der Waals surface area contributed by atoms with Crippen LogP contribution in [-0.4, -0.2) is 26.3 Å². The van der Waals surface area contributed by atoms with Gasteiger partial charge >= 0.3 is 0 Å². The van der Waals surface area contributed by atoms with Crippen LogP contribution in [0.4, 0.5) is 0 Å². The number of nitrogens with one attached hydrogen (secondary N) is 1. The Morgan fingerprint density at radius 2 is 1.79 bits per heavy atom. The molecule has 0 radical (unpaired) electrons. The molecular formula is C28H34N4O2. The number of ether oxygens (including phenoxy) is 2. The minimum Gasteiger partial charge on any atom is -0.490 e. The molecule has 3 aromatic heterocycles. The van der Waals surface area contributed by atoms with E-state index in [2.05, 4.69) is 54.2 Å². The standard InChI is InChI=1S/C28H34N4O2/c1-8-20-10-9-18(6)30-28(20)33-15-23-19(7)31-25(13-26(23)34-17(4)5)27-21(16(2)3)11-12-24-22(27)14-29-32-24/h9-14,16-17H,8,15H2,1-7H3,(H,29,32). The van der Waals surface area contributed by atoms with Crippen molar-refractivity contribution < 1.29 is 9.47 Å². The first kappa shape index (κ1) is 23.7. The van der Waals surface area contributed by atoms with Gasteiger partial charge in [-0.15, -0.1) is 0 Å². The van der Waals surface area contributed by atoms with Crippen molar-refractivity contribution in [3.63, 3.8) is 0 Å². The summed E-state index contributed by atoms with van der Waals surface area (Å²) in [5.41, 5.74) is 8.06. The average Bonchev–Trinajstić information content (AvgIpc) is 3.26. The van der Waals surface area contributed by atoms with Gasteiger partial charge in [0.05, 0.1) is 29.1 Å². The fourth-order valence-corrected chi connectivity index (χ4v) is 4.23. The minimum atomic E-state index is 0.0194. The molecule has 4 aromatic rings. The molecule has 0 aliphatic heterocycles. The molecular weight excluding hydrogens is 424 g/mol. The molecule has 6 heteroatoms. The quantitative estimate of drug-likeness (QED) is 0.318. The van der Waals surface area contributed by atoms with E-state index in [1.807, 2.05) is 46.0 Å². The van der Waals surface area contributed by atoms with Gasteiger partial charge in [0.1, 0.15) is 12.4 Å². The van der Waals surface area contributed by atoms with Crippen molar-refractivity contribution in [1.29, 1.82) is 0 Å². The van der Waals surface area contributed by atoms with Crippen LogP contribution >= 0.6 is 0 Å². The number of hydrogen-bond donors (Lipinski definition) is 1. The maximum atomic E-state index is 6.29. The molecule has 0 aliphatic rings. The number of pyridine rings is 2. The molecule has 0 fully saturated rings. The molecule has 0 aliphatic carbocycles. The lowest BCUT2D eigenvalue weighted by Gasteiger charge is -2.20. The molecule has 4 rings (SSSR count). The van der Waals surface area contributed by atoms with Crippen molar-refractivity contribution in [1.82, 2.24) is 20.2 Å². The first-order chi connectivity index (χ1) is 16.3. The van der Waals surface area contributed by atoms with Gasteiger partial charge in [0.15, 0.2) is 0 Å². The maximum Gasteiger partial charge on any atom is 0.217 e. The molecule has 0 bridgehead atoms. The number of fused-ring (bicyclic) bond motifs is 1. The third kappa shape index (κ3) is 4.76. The maximum absolute atomic E-state index is 6.29. The summed E-state index contributed by atoms with van der Waals surface area (Å²) in [7, 11) is 0. The molecule has 0 saturated heterocycles. The zero-order valence-corrected chi connectivity index (χ0v) is 21.2. The van der Waals surface area contributed by atoms with Gasteiger partial charge in [-0.2, -0.15) is 5.10 Å². The largest absolute Gasteiger partial charge is 0.490 e. The Labute approximate surface area is 201 Å². The lowest BCUT2D eigenvalue weighted by molar-refractivity contribution is 0.227. The lowest BCUT2D eigenvalue weighted by Crippen LogP contribution is -2.12. The van der Waals surface area contributed by atoms with Crippen LogP contribution in [0, 0.1) is 13.8 Å². The summed E-state index contributed by atoms with van der Waals surface area (Å²) in [5, 5.41) is 8.42. The first-order valence-corrected chi connectivity index (χ1v) is 12.0. The molecule has 0 saturated carbocycles. The lowest BCUT2D eigenvalue weighted by atomic mass is 9.92. The van der Waals surface area contributed by atoms with E-state index >= 15 is 0 Å². The highest BCUT2D eigenvalue weighted by atomic mass is 16.5. The van der Waals surface area contributed by atoms with Crippen molar-refractivity contribution in [2.24, 2.45) is 0 Å². The number of benzene rings is 1. The van der Waals surface area contributed by atoms with E-state index < -0.39 is 0 Å². The first-order valence-electron chi connectivity index (χ1n) is 12.0. The Bertz CT molecular complexity index is 1310. The van der Waals surface area contributed by atoms with Crippen LogP contribution < -0.4 is 9.47 Å². The van der Waals surface area contributed by atoms with Crippen LogP contribution in [0.1, 0.15) is 68.6 Å². The molecule has 0 unspecified atom stereocenters. The molecule has 3 heterocycles. The van der Waals surface area contributed by atoms with E-state index in [4.69, 9.17) is 14.5 Å². The predicted octanol–water partition coefficient (Wildman–Crippen LogP) is 6.69. The Hall–Kier alpha value is -3.41. The van der Waals surface area contributed by atoms with Crippen molar-refractivity contribution in [2.75, 3.05) is 0 Å². The van der Waals surface area contributed by atoms with Gasteiger partial charge in [-0.3, -0.25) is 10.1 Å². The average molecular weight is 459 g/mol. The van der Waals surface area contributed by atoms with Crippen LogP contribution in [0.3, 0.4) is 0 Å². The Balaban J connectivity index is 1.80. The highest BCUT2D eigenvalue weighted by Gasteiger charge is 2.20. The van der Waals surface area contributed by atoms with Crippen molar-refractivity contribution in [3.8, 4) is 22.9 Å². The second-order valence-corrected chi connectivity index (χ2v) is 9.31. The summed E-state index contributed by atoms with van der Waals surface area (Å²) in [6.07, 6.45) is 2.76. The molecule has 1 aromatic carbocycles. The Kier molecular flexibility index (Phi) is 6.87. The molecule has 0 atom stereocenters. The molecule has 1 N–H and O–H groups in total. The second-order valence-electron chi connectivity index (χ2n) is 9.31. The van der Waals surface area contributed by atoms with Gasteiger partial charge < -0.3 is 9.47 Å². The molecule has 6 nitrogen and oxygen atoms in total. The third-order valence-corrected chi connectivity index (χ3v) is 6.00. The number of aryl methyl sites for hydroxylation is 3. The smallest absolute Gasteiger partial charge is 0.217 e. The highest BCUT2D eigenvalue weighted by molar-refractivity contribution is 5.95. The van der Waals surface area contributed by atoms with Crippen LogP contribution in [0.15, 0.2) is 36.5 Å². The predicted molar refractivity (Wildman–Crippen MR) is 137 cm³/mol. The number of aromatic nitrogens is 4. The number of nitrogens with zero attached hydrogens (tertiary/aromatic N) is 3. The molecule has 178 valence electrons. The number of aromatic amines is 1. The van der Waals surface area contributed by atoms with Crippen molar-refractivity contribution >= 4 is 10.9 Å². The summed E-state index contributed by atoms with van der Waals surface area (Å²) in [6, 6.07) is 10.4. The van der Waals surface area contributed by atoms with Gasteiger partial charge in [-0.1, -0.05) is 32.9 Å². The van der Waals surface area contributed by atoms with Crippen molar-refractivity contribution in [3.05, 3.63) is 64.6 Å². The van der Waals surface area contributed by atoms with E-state index in [-0.39, 0.29) is 6.10 Å². The normalized spacial score (nSPS) is 11.6. The molecule has 0 amide bonds. The summed E-state index contributed by atoms with van der Waals surface area (Å²) < 4.78 is 12.5. The zero-order chi connectivity index (χ0) is 24.4. The topological polar surface area (TPSA) is 72.9 Å². The van der Waals surface area contributed by atoms with Gasteiger partial charge in [0, 0.05) is 34.0 Å². The number of H-pyrrole nitrogens is 1. The number of hydrogen-bond acceptors (Lipinski definition) is 5. The molecule has 0 spiro atoms. The summed E-state index contributed by atoms with van der Waals surface area (Å²) in [5.74, 6) is 1.80. The van der Waals surface area contributed by atoms with Gasteiger partial charge in [-0.25, -0.2) is 4.98 Å². The highest BCUT2D eigenvalue weighted by Crippen LogP contribution is 2.37. The van der Waals surface area contributed by atoms with E-state index in [0.717, 1.165) is 56.8 Å². The SMILES string of the molecule is CCc1ccc(C)nc1OCc1c(OC(C)C)cc(-c2c(C(C)C)ccc3[nH]ncc23)nc1C. The van der Waals surface area contributed by atoms with Gasteiger partial charge in [0.25, 0.3) is 0 Å². The van der Waals surface area contributed by atoms with E-state index in [0.29, 0.717) is 18.4 Å². The van der Waals surface area contributed by atoms with Gasteiger partial charge in [0.2, 0.25) is 5.88 Å². The van der Waals surface area contributed by atoms with E-state index in [1.54, 1.807) is 0 Å². The third-order valence-electron chi connectivity index (χ3n) is 6.00. The fraction of sp³-hybridized carbons (Fsp3) is 0.393. The van der Waals surface area contributed by atoms with Gasteiger partial charge in [-0.05, 0) is 57.7 Å². The Morgan fingerprint density at radius 3 is 2.50 bits per heavy atom. The fourth-order valence-electron chi connectivity index (χ4n) is 4.23. The summed E-state index contributed by atoms with van der Waals surface area (Å²) in [6.45, 7) is 14.9. The number of rotatable bonds is 8. The van der Waals surface area contributed by atoms with Crippen LogP contribution in [0.5, 0.6) is 11.6 Å². The summed E-state index contributed by atoms with van der Waals surface area (Å²) in [4.78, 5) is 9.64. The van der Waals surface area contributed by atoms with E-state index in [9.17, 15) is 0 Å². The second kappa shape index (κ2) is 9.84. The van der Waals surface area contributed by atoms with Crippen LogP contribution in [-0.2, 0) is 13.0 Å².